The van der Waals surface area contributed by atoms with E-state index in [1.807, 2.05) is 19.1 Å². The van der Waals surface area contributed by atoms with E-state index in [-0.39, 0.29) is 5.78 Å². The van der Waals surface area contributed by atoms with Gasteiger partial charge in [-0.1, -0.05) is 31.2 Å². The molecule has 0 unspecified atom stereocenters. The Hall–Kier alpha value is -0.850. The molecular weight excluding hydrogens is 124 g/mol. The maximum atomic E-state index is 10.4. The van der Waals surface area contributed by atoms with Crippen LogP contribution in [-0.4, -0.2) is 5.78 Å². The van der Waals surface area contributed by atoms with Gasteiger partial charge in [0, 0.05) is 6.42 Å². The molecule has 0 N–H and O–H groups in total. The van der Waals surface area contributed by atoms with Crippen molar-refractivity contribution in [1.29, 1.82) is 0 Å². The summed E-state index contributed by atoms with van der Waals surface area (Å²) in [4.78, 5) is 10.4. The summed E-state index contributed by atoms with van der Waals surface area (Å²) >= 11 is 0. The Morgan fingerprint density at radius 1 is 1.60 bits per heavy atom. The van der Waals surface area contributed by atoms with Crippen LogP contribution in [0.1, 0.15) is 26.7 Å². The molecule has 0 aliphatic heterocycles. The summed E-state index contributed by atoms with van der Waals surface area (Å²) in [6, 6.07) is 0. The number of carbonyl (C=O) groups is 1. The van der Waals surface area contributed by atoms with Crippen LogP contribution in [0.3, 0.4) is 0 Å². The smallest absolute Gasteiger partial charge is 0.133 e. The topological polar surface area (TPSA) is 17.1 Å². The van der Waals surface area contributed by atoms with Crippen molar-refractivity contribution < 1.29 is 4.79 Å². The minimum Gasteiger partial charge on any atom is -0.300 e. The van der Waals surface area contributed by atoms with Gasteiger partial charge in [0.15, 0.2) is 0 Å². The first-order valence-electron chi connectivity index (χ1n) is 3.50. The molecule has 0 bridgehead atoms. The first kappa shape index (κ1) is 9.15. The van der Waals surface area contributed by atoms with Crippen LogP contribution in [0.25, 0.3) is 0 Å². The van der Waals surface area contributed by atoms with Crippen LogP contribution >= 0.6 is 0 Å². The molecule has 0 aromatic carbocycles. The van der Waals surface area contributed by atoms with Gasteiger partial charge in [0.05, 0.1) is 0 Å². The van der Waals surface area contributed by atoms with Gasteiger partial charge in [-0.15, -0.1) is 0 Å². The molecule has 10 heavy (non-hydrogen) atoms. The normalized spacial score (nSPS) is 10.2. The molecule has 0 heterocycles. The minimum atomic E-state index is 0.195. The van der Waals surface area contributed by atoms with E-state index in [9.17, 15) is 4.79 Å². The molecule has 0 radical (unpaired) electrons. The Bertz CT molecular complexity index is 154. The maximum Gasteiger partial charge on any atom is 0.133 e. The third-order valence-electron chi connectivity index (χ3n) is 1.21. The second kappa shape index (κ2) is 4.98. The van der Waals surface area contributed by atoms with Crippen molar-refractivity contribution in [2.24, 2.45) is 0 Å². The quantitative estimate of drug-likeness (QED) is 0.545. The summed E-state index contributed by atoms with van der Waals surface area (Å²) in [5.41, 5.74) is 1.07. The number of allylic oxidation sites excluding steroid dienone is 3. The molecule has 56 valence electrons. The SMILES string of the molecule is C=C(/C=C/CC(C)=O)CC. The molecule has 0 atom stereocenters. The highest BCUT2D eigenvalue weighted by Gasteiger charge is 1.85. The number of ketones is 1. The standard InChI is InChI=1S/C9H14O/c1-4-8(2)6-5-7-9(3)10/h5-6H,2,4,7H2,1,3H3/b6-5+. The van der Waals surface area contributed by atoms with Crippen molar-refractivity contribution in [1.82, 2.24) is 0 Å². The van der Waals surface area contributed by atoms with E-state index >= 15 is 0 Å². The van der Waals surface area contributed by atoms with Gasteiger partial charge in [-0.2, -0.15) is 0 Å². The Morgan fingerprint density at radius 2 is 2.20 bits per heavy atom. The van der Waals surface area contributed by atoms with Crippen molar-refractivity contribution in [2.75, 3.05) is 0 Å². The fourth-order valence-electron chi connectivity index (χ4n) is 0.509. The van der Waals surface area contributed by atoms with Crippen molar-refractivity contribution in [3.8, 4) is 0 Å². The molecule has 0 rings (SSSR count). The highest BCUT2D eigenvalue weighted by molar-refractivity contribution is 5.77. The third kappa shape index (κ3) is 5.29. The van der Waals surface area contributed by atoms with Crippen molar-refractivity contribution in [3.05, 3.63) is 24.3 Å². The predicted octanol–water partition coefficient (Wildman–Crippen LogP) is 2.49. The van der Waals surface area contributed by atoms with Crippen molar-refractivity contribution in [3.63, 3.8) is 0 Å². The number of carbonyl (C=O) groups excluding carboxylic acids is 1. The molecule has 0 amide bonds. The zero-order valence-electron chi connectivity index (χ0n) is 6.68. The summed E-state index contributed by atoms with van der Waals surface area (Å²) in [5.74, 6) is 0.195. The Kier molecular flexibility index (Phi) is 4.55. The first-order valence-corrected chi connectivity index (χ1v) is 3.50. The maximum absolute atomic E-state index is 10.4. The van der Waals surface area contributed by atoms with Gasteiger partial charge in [0.25, 0.3) is 0 Å². The van der Waals surface area contributed by atoms with Crippen LogP contribution < -0.4 is 0 Å². The largest absolute Gasteiger partial charge is 0.300 e. The lowest BCUT2D eigenvalue weighted by Crippen LogP contribution is -1.84. The molecule has 0 saturated heterocycles. The summed E-state index contributed by atoms with van der Waals surface area (Å²) in [5, 5.41) is 0. The lowest BCUT2D eigenvalue weighted by atomic mass is 10.2. The summed E-state index contributed by atoms with van der Waals surface area (Å²) in [6.45, 7) is 7.40. The minimum absolute atomic E-state index is 0.195. The van der Waals surface area contributed by atoms with Crippen LogP contribution in [-0.2, 0) is 4.79 Å². The van der Waals surface area contributed by atoms with Gasteiger partial charge in [-0.05, 0) is 13.3 Å². The summed E-state index contributed by atoms with van der Waals surface area (Å²) < 4.78 is 0. The van der Waals surface area contributed by atoms with Gasteiger partial charge in [0.2, 0.25) is 0 Å². The van der Waals surface area contributed by atoms with Gasteiger partial charge >= 0.3 is 0 Å². The molecule has 0 aliphatic carbocycles. The predicted molar refractivity (Wildman–Crippen MR) is 43.9 cm³/mol. The average Bonchev–Trinajstić information content (AvgIpc) is 1.87. The van der Waals surface area contributed by atoms with Crippen LogP contribution in [0.4, 0.5) is 0 Å². The Morgan fingerprint density at radius 3 is 2.60 bits per heavy atom. The van der Waals surface area contributed by atoms with Crippen molar-refractivity contribution >= 4 is 5.78 Å². The first-order chi connectivity index (χ1) is 4.66. The van der Waals surface area contributed by atoms with E-state index < -0.39 is 0 Å². The second-order valence-corrected chi connectivity index (χ2v) is 2.32. The molecule has 0 aliphatic rings. The van der Waals surface area contributed by atoms with Crippen LogP contribution in [0.5, 0.6) is 0 Å². The lowest BCUT2D eigenvalue weighted by Gasteiger charge is -1.89. The van der Waals surface area contributed by atoms with Gasteiger partial charge in [0.1, 0.15) is 5.78 Å². The molecule has 0 aromatic heterocycles. The Labute approximate surface area is 62.4 Å². The van der Waals surface area contributed by atoms with Crippen molar-refractivity contribution in [2.45, 2.75) is 26.7 Å². The third-order valence-corrected chi connectivity index (χ3v) is 1.21. The molecule has 1 heteroatoms. The monoisotopic (exact) mass is 138 g/mol. The zero-order valence-corrected chi connectivity index (χ0v) is 6.68. The van der Waals surface area contributed by atoms with Gasteiger partial charge in [-0.3, -0.25) is 4.79 Å². The van der Waals surface area contributed by atoms with E-state index in [1.54, 1.807) is 6.92 Å². The molecular formula is C9H14O. The van der Waals surface area contributed by atoms with Crippen LogP contribution in [0, 0.1) is 0 Å². The van der Waals surface area contributed by atoms with Gasteiger partial charge in [-0.25, -0.2) is 0 Å². The van der Waals surface area contributed by atoms with E-state index in [1.165, 1.54) is 0 Å². The summed E-state index contributed by atoms with van der Waals surface area (Å²) in [7, 11) is 0. The molecule has 0 saturated carbocycles. The lowest BCUT2D eigenvalue weighted by molar-refractivity contribution is -0.116. The zero-order chi connectivity index (χ0) is 7.98. The Balaban J connectivity index is 3.56. The molecule has 0 aromatic rings. The van der Waals surface area contributed by atoms with E-state index in [2.05, 4.69) is 6.58 Å². The van der Waals surface area contributed by atoms with E-state index in [0.29, 0.717) is 6.42 Å². The fraction of sp³-hybridized carbons (Fsp3) is 0.444. The number of rotatable bonds is 4. The summed E-state index contributed by atoms with van der Waals surface area (Å²) in [6.07, 6.45) is 5.24. The van der Waals surface area contributed by atoms with Gasteiger partial charge < -0.3 is 0 Å². The van der Waals surface area contributed by atoms with E-state index in [4.69, 9.17) is 0 Å². The number of hydrogen-bond donors (Lipinski definition) is 0. The molecule has 0 fully saturated rings. The highest BCUT2D eigenvalue weighted by Crippen LogP contribution is 1.98. The number of Topliss-reactive ketones (excluding diaryl/α,β-unsaturated/α-hetero) is 1. The van der Waals surface area contributed by atoms with Crippen LogP contribution in [0.2, 0.25) is 0 Å². The fourth-order valence-corrected chi connectivity index (χ4v) is 0.509. The highest BCUT2D eigenvalue weighted by atomic mass is 16.1. The number of hydrogen-bond acceptors (Lipinski definition) is 1. The molecule has 1 nitrogen and oxygen atoms in total. The van der Waals surface area contributed by atoms with Crippen LogP contribution in [0.15, 0.2) is 24.3 Å². The van der Waals surface area contributed by atoms with E-state index in [0.717, 1.165) is 12.0 Å². The average molecular weight is 138 g/mol. The second-order valence-electron chi connectivity index (χ2n) is 2.32. The molecule has 0 spiro atoms.